The highest BCUT2D eigenvalue weighted by atomic mass is 32.2. The number of ether oxygens (including phenoxy) is 1. The molecule has 0 unspecified atom stereocenters. The first-order chi connectivity index (χ1) is 16.2. The summed E-state index contributed by atoms with van der Waals surface area (Å²) < 4.78 is 6.43. The van der Waals surface area contributed by atoms with Crippen molar-refractivity contribution in [2.45, 2.75) is 17.6 Å². The molecular formula is C27H21N3O2S. The smallest absolute Gasteiger partial charge is 0.336 e. The summed E-state index contributed by atoms with van der Waals surface area (Å²) in [5, 5.41) is 8.83. The molecule has 5 nitrogen and oxygen atoms in total. The maximum atomic E-state index is 13.0. The number of hydrogen-bond donors (Lipinski definition) is 1. The monoisotopic (exact) mass is 451 g/mol. The number of hydrogen-bond acceptors (Lipinski definition) is 5. The molecule has 0 aliphatic carbocycles. The minimum Gasteiger partial charge on any atom is -0.439 e. The van der Waals surface area contributed by atoms with E-state index in [4.69, 9.17) is 9.84 Å². The number of carbonyl (C=O) groups excluding carboxylic acids is 1. The Morgan fingerprint density at radius 2 is 1.73 bits per heavy atom. The summed E-state index contributed by atoms with van der Waals surface area (Å²) in [6.45, 7) is 0. The zero-order valence-corrected chi connectivity index (χ0v) is 18.5. The quantitative estimate of drug-likeness (QED) is 0.549. The Hall–Kier alpha value is -3.77. The predicted octanol–water partition coefficient (Wildman–Crippen LogP) is 5.30. The van der Waals surface area contributed by atoms with E-state index in [0.717, 1.165) is 34.6 Å². The van der Waals surface area contributed by atoms with Gasteiger partial charge < -0.3 is 4.74 Å². The van der Waals surface area contributed by atoms with Crippen molar-refractivity contribution >= 4 is 29.5 Å². The number of nitrogens with zero attached hydrogens (tertiary/aromatic N) is 2. The number of thioether (sulfide) groups is 1. The van der Waals surface area contributed by atoms with Gasteiger partial charge in [0.2, 0.25) is 0 Å². The second-order valence-electron chi connectivity index (χ2n) is 8.06. The van der Waals surface area contributed by atoms with E-state index in [0.29, 0.717) is 4.91 Å². The van der Waals surface area contributed by atoms with Gasteiger partial charge >= 0.3 is 5.18 Å². The molecule has 1 N–H and O–H groups in total. The lowest BCUT2D eigenvalue weighted by molar-refractivity contribution is -0.127. The fraction of sp³-hybridized carbons (Fsp3) is 0.111. The number of para-hydroxylation sites is 1. The van der Waals surface area contributed by atoms with Gasteiger partial charge in [-0.3, -0.25) is 10.1 Å². The second kappa shape index (κ2) is 7.98. The van der Waals surface area contributed by atoms with Gasteiger partial charge in [-0.2, -0.15) is 5.10 Å². The third-order valence-corrected chi connectivity index (χ3v) is 7.12. The second-order valence-corrected chi connectivity index (χ2v) is 9.25. The van der Waals surface area contributed by atoms with Crippen molar-refractivity contribution in [1.29, 1.82) is 0 Å². The van der Waals surface area contributed by atoms with Crippen LogP contribution in [-0.4, -0.2) is 21.8 Å². The maximum Gasteiger partial charge on any atom is 0.336 e. The first kappa shape index (κ1) is 19.9. The number of benzene rings is 3. The van der Waals surface area contributed by atoms with E-state index in [9.17, 15) is 4.79 Å². The summed E-state index contributed by atoms with van der Waals surface area (Å²) in [6, 6.07) is 28.1. The van der Waals surface area contributed by atoms with Crippen LogP contribution in [0.15, 0.2) is 107 Å². The molecule has 6 heteroatoms. The van der Waals surface area contributed by atoms with Crippen molar-refractivity contribution < 1.29 is 9.53 Å². The molecule has 1 saturated heterocycles. The highest BCUT2D eigenvalue weighted by Crippen LogP contribution is 2.53. The molecule has 33 heavy (non-hydrogen) atoms. The molecular weight excluding hydrogens is 430 g/mol. The van der Waals surface area contributed by atoms with E-state index in [2.05, 4.69) is 23.5 Å². The number of rotatable bonds is 3. The van der Waals surface area contributed by atoms with Crippen molar-refractivity contribution in [2.24, 2.45) is 5.10 Å². The molecule has 3 heterocycles. The normalized spacial score (nSPS) is 24.5. The zero-order chi connectivity index (χ0) is 22.3. The van der Waals surface area contributed by atoms with Gasteiger partial charge in [-0.25, -0.2) is 5.01 Å². The first-order valence-corrected chi connectivity index (χ1v) is 11.7. The van der Waals surface area contributed by atoms with Gasteiger partial charge in [0.05, 0.1) is 16.7 Å². The van der Waals surface area contributed by atoms with E-state index < -0.39 is 5.18 Å². The third-order valence-electron chi connectivity index (χ3n) is 5.92. The Morgan fingerprint density at radius 3 is 2.55 bits per heavy atom. The summed E-state index contributed by atoms with van der Waals surface area (Å²) in [7, 11) is 0. The van der Waals surface area contributed by atoms with Crippen LogP contribution in [0.3, 0.4) is 0 Å². The Labute approximate surface area is 196 Å². The number of nitrogens with one attached hydrogen (secondary N) is 1. The van der Waals surface area contributed by atoms with Gasteiger partial charge in [-0.1, -0.05) is 91.0 Å². The summed E-state index contributed by atoms with van der Waals surface area (Å²) >= 11 is 1.36. The Bertz CT molecular complexity index is 1300. The molecule has 0 radical (unpaired) electrons. The molecule has 2 atom stereocenters. The fourth-order valence-corrected chi connectivity index (χ4v) is 5.50. The molecule has 1 fully saturated rings. The van der Waals surface area contributed by atoms with Gasteiger partial charge in [-0.05, 0) is 35.0 Å². The van der Waals surface area contributed by atoms with Crippen molar-refractivity contribution in [1.82, 2.24) is 10.3 Å². The van der Waals surface area contributed by atoms with Crippen molar-refractivity contribution in [3.05, 3.63) is 119 Å². The summed E-state index contributed by atoms with van der Waals surface area (Å²) in [6.07, 6.45) is 6.45. The number of fused-ring (bicyclic) bond motifs is 4. The van der Waals surface area contributed by atoms with Gasteiger partial charge in [0, 0.05) is 12.0 Å². The van der Waals surface area contributed by atoms with E-state index >= 15 is 0 Å². The topological polar surface area (TPSA) is 53.9 Å². The van der Waals surface area contributed by atoms with E-state index in [1.54, 1.807) is 0 Å². The van der Waals surface area contributed by atoms with Gasteiger partial charge in [0.1, 0.15) is 5.75 Å². The molecule has 3 aliphatic rings. The van der Waals surface area contributed by atoms with Crippen LogP contribution in [-0.2, 0) is 4.79 Å². The van der Waals surface area contributed by atoms with Crippen LogP contribution in [0.1, 0.15) is 29.2 Å². The Kier molecular flexibility index (Phi) is 4.80. The van der Waals surface area contributed by atoms with Crippen molar-refractivity contribution in [3.63, 3.8) is 0 Å². The van der Waals surface area contributed by atoms with Crippen LogP contribution >= 0.6 is 11.8 Å². The average Bonchev–Trinajstić information content (AvgIpc) is 3.44. The Morgan fingerprint density at radius 1 is 1.00 bits per heavy atom. The number of allylic oxidation sites excluding steroid dienone is 2. The molecule has 6 rings (SSSR count). The minimum atomic E-state index is -1.11. The highest BCUT2D eigenvalue weighted by Gasteiger charge is 2.57. The number of hydrazone groups is 1. The molecule has 1 amide bonds. The molecule has 162 valence electrons. The van der Waals surface area contributed by atoms with Gasteiger partial charge in [0.25, 0.3) is 5.91 Å². The summed E-state index contributed by atoms with van der Waals surface area (Å²) in [4.78, 5) is 13.5. The predicted molar refractivity (Wildman–Crippen MR) is 131 cm³/mol. The SMILES string of the molecule is O=C1N[C@]2(Oc3ccccc3[C@H]3CC(c4ccccc4)=NN32)S/C1=C\C=C\c1ccccc1. The Balaban J connectivity index is 1.36. The van der Waals surface area contributed by atoms with Gasteiger partial charge in [0.15, 0.2) is 0 Å². The molecule has 0 saturated carbocycles. The van der Waals surface area contributed by atoms with Crippen LogP contribution in [0.25, 0.3) is 6.08 Å². The van der Waals surface area contributed by atoms with Crippen LogP contribution in [0.5, 0.6) is 5.75 Å². The van der Waals surface area contributed by atoms with Crippen LogP contribution in [0.4, 0.5) is 0 Å². The molecule has 0 bridgehead atoms. The summed E-state index contributed by atoms with van der Waals surface area (Å²) in [5.74, 6) is 0.608. The number of amides is 1. The maximum absolute atomic E-state index is 13.0. The van der Waals surface area contributed by atoms with Crippen LogP contribution in [0, 0.1) is 0 Å². The average molecular weight is 452 g/mol. The van der Waals surface area contributed by atoms with E-state index in [1.807, 2.05) is 90.0 Å². The standard InChI is InChI=1S/C27H21N3O2S/c31-26-25(17-9-12-19-10-3-1-4-11-19)33-27(28-26)30-23(21-15-7-8-16-24(21)32-27)18-22(29-30)20-13-5-2-6-14-20/h1-17,23H,18H2,(H,28,31)/b12-9+,25-17-/t23-,27+/m1/s1. The molecule has 3 aromatic rings. The summed E-state index contributed by atoms with van der Waals surface area (Å²) in [5.41, 5.74) is 4.22. The zero-order valence-electron chi connectivity index (χ0n) is 17.7. The van der Waals surface area contributed by atoms with Crippen LogP contribution < -0.4 is 10.1 Å². The lowest BCUT2D eigenvalue weighted by Crippen LogP contribution is -2.58. The van der Waals surface area contributed by atoms with Crippen molar-refractivity contribution in [3.8, 4) is 5.75 Å². The van der Waals surface area contributed by atoms with Gasteiger partial charge in [-0.15, -0.1) is 0 Å². The lowest BCUT2D eigenvalue weighted by atomic mass is 9.97. The molecule has 1 spiro atoms. The first-order valence-electron chi connectivity index (χ1n) is 10.9. The highest BCUT2D eigenvalue weighted by molar-refractivity contribution is 8.05. The molecule has 3 aromatic carbocycles. The largest absolute Gasteiger partial charge is 0.439 e. The van der Waals surface area contributed by atoms with Crippen LogP contribution in [0.2, 0.25) is 0 Å². The third kappa shape index (κ3) is 3.52. The minimum absolute atomic E-state index is 0.0165. The fourth-order valence-electron chi connectivity index (χ4n) is 4.37. The van der Waals surface area contributed by atoms with E-state index in [-0.39, 0.29) is 11.9 Å². The lowest BCUT2D eigenvalue weighted by Gasteiger charge is -2.43. The molecule has 3 aliphatic heterocycles. The van der Waals surface area contributed by atoms with E-state index in [1.165, 1.54) is 11.8 Å². The molecule has 0 aromatic heterocycles. The number of carbonyl (C=O) groups is 1. The van der Waals surface area contributed by atoms with Crippen molar-refractivity contribution in [2.75, 3.05) is 0 Å².